The number of amides is 1. The summed E-state index contributed by atoms with van der Waals surface area (Å²) < 4.78 is 11.3. The quantitative estimate of drug-likeness (QED) is 0.185. The average molecular weight is 496 g/mol. The molecular weight excluding hydrogens is 474 g/mol. The molecule has 1 aromatic heterocycles. The van der Waals surface area contributed by atoms with Gasteiger partial charge in [0.25, 0.3) is 5.91 Å². The Balaban J connectivity index is 1.37. The lowest BCUT2D eigenvalue weighted by Crippen LogP contribution is -2.28. The topological polar surface area (TPSA) is 87.6 Å². The molecule has 0 saturated carbocycles. The van der Waals surface area contributed by atoms with Crippen LogP contribution >= 0.6 is 11.8 Å². The molecule has 1 aliphatic rings. The number of aromatic hydroxyl groups is 1. The van der Waals surface area contributed by atoms with Crippen LogP contribution in [0.4, 0.5) is 0 Å². The lowest BCUT2D eigenvalue weighted by Gasteiger charge is -2.12. The van der Waals surface area contributed by atoms with Gasteiger partial charge >= 0.3 is 0 Å². The number of carbonyl (C=O) groups excluding carboxylic acids is 1. The molecule has 7 nitrogen and oxygen atoms in total. The SMILES string of the molecule is O=C1/C(=C/c2ccc(O)cc2)S/C(=N/N=C\c2cccc(Oc3ccccc3)c2)N1Cc1ccco1. The molecule has 4 aromatic rings. The van der Waals surface area contributed by atoms with Crippen LogP contribution in [0.15, 0.2) is 117 Å². The summed E-state index contributed by atoms with van der Waals surface area (Å²) in [7, 11) is 0. The van der Waals surface area contributed by atoms with Crippen LogP contribution in [0.2, 0.25) is 0 Å². The molecule has 8 heteroatoms. The molecule has 178 valence electrons. The van der Waals surface area contributed by atoms with E-state index < -0.39 is 0 Å². The largest absolute Gasteiger partial charge is 0.508 e. The molecular formula is C28H21N3O4S. The van der Waals surface area contributed by atoms with Gasteiger partial charge in [-0.2, -0.15) is 5.10 Å². The van der Waals surface area contributed by atoms with E-state index in [9.17, 15) is 9.90 Å². The Labute approximate surface area is 212 Å². The van der Waals surface area contributed by atoms with Crippen molar-refractivity contribution in [2.24, 2.45) is 10.2 Å². The molecule has 5 rings (SSSR count). The minimum Gasteiger partial charge on any atom is -0.508 e. The first-order valence-corrected chi connectivity index (χ1v) is 11.9. The Bertz CT molecular complexity index is 1430. The lowest BCUT2D eigenvalue weighted by molar-refractivity contribution is -0.122. The van der Waals surface area contributed by atoms with E-state index in [1.54, 1.807) is 55.0 Å². The van der Waals surface area contributed by atoms with Gasteiger partial charge in [0.05, 0.1) is 23.9 Å². The first kappa shape index (κ1) is 23.2. The Kier molecular flexibility index (Phi) is 6.95. The first-order chi connectivity index (χ1) is 17.6. The molecule has 1 N–H and O–H groups in total. The highest BCUT2D eigenvalue weighted by atomic mass is 32.2. The predicted octanol–water partition coefficient (Wildman–Crippen LogP) is 6.28. The number of phenolic OH excluding ortho intramolecular Hbond substituents is 1. The van der Waals surface area contributed by atoms with Crippen LogP contribution < -0.4 is 4.74 Å². The van der Waals surface area contributed by atoms with Crippen LogP contribution in [0.1, 0.15) is 16.9 Å². The van der Waals surface area contributed by atoms with E-state index in [1.165, 1.54) is 16.7 Å². The number of carbonyl (C=O) groups is 1. The molecule has 0 bridgehead atoms. The second kappa shape index (κ2) is 10.8. The maximum absolute atomic E-state index is 13.2. The number of thioether (sulfide) groups is 1. The summed E-state index contributed by atoms with van der Waals surface area (Å²) in [5.74, 6) is 2.03. The monoisotopic (exact) mass is 495 g/mol. The minimum atomic E-state index is -0.198. The number of hydrogen-bond acceptors (Lipinski definition) is 7. The fourth-order valence-electron chi connectivity index (χ4n) is 3.43. The van der Waals surface area contributed by atoms with Crippen molar-refractivity contribution in [2.75, 3.05) is 0 Å². The van der Waals surface area contributed by atoms with E-state index in [0.29, 0.717) is 21.6 Å². The van der Waals surface area contributed by atoms with Crippen molar-refractivity contribution in [3.63, 3.8) is 0 Å². The zero-order chi connectivity index (χ0) is 24.7. The number of nitrogens with zero attached hydrogens (tertiary/aromatic N) is 3. The van der Waals surface area contributed by atoms with Gasteiger partial charge in [0.1, 0.15) is 23.0 Å². The molecule has 1 saturated heterocycles. The van der Waals surface area contributed by atoms with Crippen LogP contribution in [0.5, 0.6) is 17.2 Å². The highest BCUT2D eigenvalue weighted by molar-refractivity contribution is 8.18. The molecule has 0 atom stereocenters. The number of amidine groups is 1. The Morgan fingerprint density at radius 1 is 0.917 bits per heavy atom. The zero-order valence-corrected chi connectivity index (χ0v) is 19.8. The summed E-state index contributed by atoms with van der Waals surface area (Å²) in [5.41, 5.74) is 1.60. The van der Waals surface area contributed by atoms with Crippen molar-refractivity contribution in [3.05, 3.63) is 119 Å². The van der Waals surface area contributed by atoms with Gasteiger partial charge in [0, 0.05) is 0 Å². The van der Waals surface area contributed by atoms with E-state index in [4.69, 9.17) is 9.15 Å². The van der Waals surface area contributed by atoms with Crippen LogP contribution in [0, 0.1) is 0 Å². The third-order valence-corrected chi connectivity index (χ3v) is 6.16. The molecule has 2 heterocycles. The smallest absolute Gasteiger partial charge is 0.267 e. The van der Waals surface area contributed by atoms with Crippen molar-refractivity contribution in [2.45, 2.75) is 6.54 Å². The number of phenols is 1. The molecule has 36 heavy (non-hydrogen) atoms. The van der Waals surface area contributed by atoms with E-state index >= 15 is 0 Å². The van der Waals surface area contributed by atoms with Gasteiger partial charge in [-0.25, -0.2) is 0 Å². The summed E-state index contributed by atoms with van der Waals surface area (Å²) in [6.45, 7) is 0.237. The van der Waals surface area contributed by atoms with Gasteiger partial charge in [-0.3, -0.25) is 9.69 Å². The molecule has 1 amide bonds. The van der Waals surface area contributed by atoms with Crippen molar-refractivity contribution in [1.29, 1.82) is 0 Å². The second-order valence-electron chi connectivity index (χ2n) is 7.79. The molecule has 0 spiro atoms. The van der Waals surface area contributed by atoms with Crippen molar-refractivity contribution >= 4 is 35.1 Å². The van der Waals surface area contributed by atoms with E-state index in [-0.39, 0.29) is 18.2 Å². The number of benzene rings is 3. The van der Waals surface area contributed by atoms with E-state index in [2.05, 4.69) is 10.2 Å². The number of ether oxygens (including phenoxy) is 1. The molecule has 1 fully saturated rings. The summed E-state index contributed by atoms with van der Waals surface area (Å²) in [4.78, 5) is 15.2. The third kappa shape index (κ3) is 5.73. The summed E-state index contributed by atoms with van der Waals surface area (Å²) in [5, 5.41) is 18.5. The van der Waals surface area contributed by atoms with Crippen molar-refractivity contribution in [1.82, 2.24) is 4.90 Å². The number of rotatable bonds is 7. The Morgan fingerprint density at radius 3 is 2.50 bits per heavy atom. The number of hydrogen-bond donors (Lipinski definition) is 1. The van der Waals surface area contributed by atoms with Gasteiger partial charge in [-0.05, 0) is 77.5 Å². The fourth-order valence-corrected chi connectivity index (χ4v) is 4.37. The highest BCUT2D eigenvalue weighted by Gasteiger charge is 2.34. The summed E-state index contributed by atoms with van der Waals surface area (Å²) in [6, 6.07) is 27.2. The fraction of sp³-hybridized carbons (Fsp3) is 0.0357. The van der Waals surface area contributed by atoms with E-state index in [0.717, 1.165) is 16.9 Å². The molecule has 0 aliphatic carbocycles. The average Bonchev–Trinajstić information content (AvgIpc) is 3.51. The predicted molar refractivity (Wildman–Crippen MR) is 141 cm³/mol. The van der Waals surface area contributed by atoms with Crippen LogP contribution in [0.25, 0.3) is 6.08 Å². The van der Waals surface area contributed by atoms with Crippen molar-refractivity contribution < 1.29 is 19.1 Å². The Morgan fingerprint density at radius 2 is 1.72 bits per heavy atom. The van der Waals surface area contributed by atoms with Gasteiger partial charge < -0.3 is 14.3 Å². The van der Waals surface area contributed by atoms with Gasteiger partial charge in [-0.15, -0.1) is 5.10 Å². The summed E-state index contributed by atoms with van der Waals surface area (Å²) >= 11 is 1.23. The third-order valence-electron chi connectivity index (χ3n) is 5.16. The van der Waals surface area contributed by atoms with Gasteiger partial charge in [0.2, 0.25) is 0 Å². The van der Waals surface area contributed by atoms with Gasteiger partial charge in [0.15, 0.2) is 5.17 Å². The van der Waals surface area contributed by atoms with Crippen molar-refractivity contribution in [3.8, 4) is 17.2 Å². The zero-order valence-electron chi connectivity index (χ0n) is 19.0. The van der Waals surface area contributed by atoms with Crippen LogP contribution in [-0.2, 0) is 11.3 Å². The molecule has 3 aromatic carbocycles. The minimum absolute atomic E-state index is 0.164. The number of furan rings is 1. The molecule has 0 radical (unpaired) electrons. The Hall–Kier alpha value is -4.56. The van der Waals surface area contributed by atoms with Crippen LogP contribution in [-0.4, -0.2) is 27.3 Å². The standard InChI is InChI=1S/C28H21N3O4S/c32-22-13-11-20(12-14-22)17-26-27(33)31(19-25-10-5-15-34-25)28(36-26)30-29-18-21-6-4-9-24(16-21)35-23-7-2-1-3-8-23/h1-18,32H,19H2/b26-17-,29-18-,30-28+. The van der Waals surface area contributed by atoms with Crippen LogP contribution in [0.3, 0.4) is 0 Å². The lowest BCUT2D eigenvalue weighted by atomic mass is 10.2. The first-order valence-electron chi connectivity index (χ1n) is 11.1. The molecule has 0 unspecified atom stereocenters. The number of para-hydroxylation sites is 1. The second-order valence-corrected chi connectivity index (χ2v) is 8.80. The summed E-state index contributed by atoms with van der Waals surface area (Å²) in [6.07, 6.45) is 4.94. The normalized spacial score (nSPS) is 15.9. The molecule has 1 aliphatic heterocycles. The maximum atomic E-state index is 13.2. The van der Waals surface area contributed by atoms with Gasteiger partial charge in [-0.1, -0.05) is 42.5 Å². The van der Waals surface area contributed by atoms with E-state index in [1.807, 2.05) is 54.6 Å². The maximum Gasteiger partial charge on any atom is 0.267 e. The highest BCUT2D eigenvalue weighted by Crippen LogP contribution is 2.34.